The number of pyridine rings is 1. The quantitative estimate of drug-likeness (QED) is 0.919. The minimum absolute atomic E-state index is 0.101. The van der Waals surface area contributed by atoms with Gasteiger partial charge in [-0.05, 0) is 31.8 Å². The lowest BCUT2D eigenvalue weighted by Gasteiger charge is -2.42. The summed E-state index contributed by atoms with van der Waals surface area (Å²) in [4.78, 5) is 21.2. The molecule has 132 valence electrons. The van der Waals surface area contributed by atoms with Crippen LogP contribution < -0.4 is 5.73 Å². The average molecular weight is 340 g/mol. The Balaban J connectivity index is 1.95. The third kappa shape index (κ3) is 3.97. The van der Waals surface area contributed by atoms with Gasteiger partial charge >= 0.3 is 0 Å². The first kappa shape index (κ1) is 17.4. The molecule has 2 heterocycles. The lowest BCUT2D eigenvalue weighted by molar-refractivity contribution is -0.0686. The van der Waals surface area contributed by atoms with Gasteiger partial charge in [-0.3, -0.25) is 4.79 Å². The van der Waals surface area contributed by atoms with E-state index >= 15 is 0 Å². The zero-order chi connectivity index (χ0) is 17.8. The summed E-state index contributed by atoms with van der Waals surface area (Å²) in [7, 11) is 4.01. The van der Waals surface area contributed by atoms with Crippen molar-refractivity contribution in [1.29, 1.82) is 0 Å². The Labute approximate surface area is 148 Å². The first-order valence-corrected chi connectivity index (χ1v) is 8.41. The Morgan fingerprint density at radius 2 is 2.00 bits per heavy atom. The van der Waals surface area contributed by atoms with Gasteiger partial charge in [0.15, 0.2) is 0 Å². The van der Waals surface area contributed by atoms with Gasteiger partial charge < -0.3 is 20.3 Å². The van der Waals surface area contributed by atoms with Crippen molar-refractivity contribution in [1.82, 2.24) is 14.8 Å². The highest BCUT2D eigenvalue weighted by Gasteiger charge is 2.37. The summed E-state index contributed by atoms with van der Waals surface area (Å²) in [6.45, 7) is 1.77. The number of nitrogens with two attached hydrogens (primary N) is 1. The van der Waals surface area contributed by atoms with Crippen molar-refractivity contribution in [2.45, 2.75) is 12.1 Å². The number of morpholine rings is 1. The van der Waals surface area contributed by atoms with Crippen LogP contribution in [-0.2, 0) is 4.74 Å². The molecule has 1 aliphatic rings. The number of nitrogen functional groups attached to an aromatic ring is 1. The summed E-state index contributed by atoms with van der Waals surface area (Å²) >= 11 is 0. The number of amides is 1. The zero-order valence-electron chi connectivity index (χ0n) is 14.6. The Bertz CT molecular complexity index is 720. The fourth-order valence-electron chi connectivity index (χ4n) is 3.24. The van der Waals surface area contributed by atoms with Gasteiger partial charge in [-0.15, -0.1) is 0 Å². The van der Waals surface area contributed by atoms with Crippen LogP contribution in [0.15, 0.2) is 48.5 Å². The van der Waals surface area contributed by atoms with E-state index in [2.05, 4.69) is 9.88 Å². The molecule has 3 rings (SSSR count). The van der Waals surface area contributed by atoms with Crippen LogP contribution in [0.1, 0.15) is 22.1 Å². The molecule has 6 heteroatoms. The van der Waals surface area contributed by atoms with Gasteiger partial charge in [0.1, 0.15) is 11.5 Å². The van der Waals surface area contributed by atoms with E-state index in [9.17, 15) is 4.79 Å². The number of carbonyl (C=O) groups is 1. The highest BCUT2D eigenvalue weighted by atomic mass is 16.5. The van der Waals surface area contributed by atoms with Crippen LogP contribution in [0.5, 0.6) is 0 Å². The molecule has 0 bridgehead atoms. The van der Waals surface area contributed by atoms with Gasteiger partial charge in [0.2, 0.25) is 0 Å². The molecule has 2 atom stereocenters. The van der Waals surface area contributed by atoms with E-state index in [1.807, 2.05) is 49.3 Å². The molecule has 2 aromatic rings. The predicted octanol–water partition coefficient (Wildman–Crippen LogP) is 1.81. The van der Waals surface area contributed by atoms with Gasteiger partial charge in [0.05, 0.1) is 18.8 Å². The number of hydrogen-bond donors (Lipinski definition) is 1. The van der Waals surface area contributed by atoms with Crippen LogP contribution in [0.3, 0.4) is 0 Å². The minimum atomic E-state index is -0.159. The van der Waals surface area contributed by atoms with Crippen LogP contribution in [0.25, 0.3) is 0 Å². The summed E-state index contributed by atoms with van der Waals surface area (Å²) in [5.41, 5.74) is 7.18. The van der Waals surface area contributed by atoms with E-state index in [4.69, 9.17) is 10.5 Å². The van der Waals surface area contributed by atoms with Crippen molar-refractivity contribution >= 4 is 11.7 Å². The molecule has 0 radical (unpaired) electrons. The second kappa shape index (κ2) is 7.63. The fourth-order valence-corrected chi connectivity index (χ4v) is 3.24. The molecule has 0 unspecified atom stereocenters. The van der Waals surface area contributed by atoms with E-state index < -0.39 is 0 Å². The number of anilines is 1. The number of likely N-dealkylation sites (N-methyl/N-ethyl adjacent to an activating group) is 1. The Morgan fingerprint density at radius 3 is 2.68 bits per heavy atom. The second-order valence-electron chi connectivity index (χ2n) is 6.47. The molecule has 25 heavy (non-hydrogen) atoms. The third-order valence-electron chi connectivity index (χ3n) is 4.29. The topological polar surface area (TPSA) is 71.7 Å². The van der Waals surface area contributed by atoms with Crippen molar-refractivity contribution < 1.29 is 9.53 Å². The van der Waals surface area contributed by atoms with Crippen molar-refractivity contribution in [3.8, 4) is 0 Å². The summed E-state index contributed by atoms with van der Waals surface area (Å²) in [6, 6.07) is 15.0. The molecule has 2 N–H and O–H groups in total. The SMILES string of the molecule is CN(C)C[C@@H]1OCCN(C(=O)c2cccc(N)n2)[C@H]1c1ccccc1. The molecule has 6 nitrogen and oxygen atoms in total. The van der Waals surface area contributed by atoms with Crippen molar-refractivity contribution in [3.63, 3.8) is 0 Å². The van der Waals surface area contributed by atoms with Gasteiger partial charge in [0.25, 0.3) is 5.91 Å². The number of benzene rings is 1. The molecular weight excluding hydrogens is 316 g/mol. The molecule has 0 spiro atoms. The molecule has 0 saturated carbocycles. The van der Waals surface area contributed by atoms with Crippen molar-refractivity contribution in [2.75, 3.05) is 39.5 Å². The monoisotopic (exact) mass is 340 g/mol. The maximum Gasteiger partial charge on any atom is 0.273 e. The molecule has 0 aliphatic carbocycles. The predicted molar refractivity (Wildman–Crippen MR) is 97.2 cm³/mol. The van der Waals surface area contributed by atoms with Gasteiger partial charge in [0, 0.05) is 13.1 Å². The molecule has 1 aromatic carbocycles. The Hall–Kier alpha value is -2.44. The maximum atomic E-state index is 13.1. The Kier molecular flexibility index (Phi) is 5.31. The highest BCUT2D eigenvalue weighted by molar-refractivity contribution is 5.93. The van der Waals surface area contributed by atoms with Crippen LogP contribution in [0.4, 0.5) is 5.82 Å². The maximum absolute atomic E-state index is 13.1. The molecular formula is C19H24N4O2. The largest absolute Gasteiger partial charge is 0.384 e. The average Bonchev–Trinajstić information content (AvgIpc) is 2.61. The minimum Gasteiger partial charge on any atom is -0.384 e. The zero-order valence-corrected chi connectivity index (χ0v) is 14.6. The second-order valence-corrected chi connectivity index (χ2v) is 6.47. The number of ether oxygens (including phenoxy) is 1. The third-order valence-corrected chi connectivity index (χ3v) is 4.29. The standard InChI is InChI=1S/C19H24N4O2/c1-22(2)13-16-18(14-7-4-3-5-8-14)23(11-12-25-16)19(24)15-9-6-10-17(20)21-15/h3-10,16,18H,11-13H2,1-2H3,(H2,20,21)/t16-,18-/m0/s1. The first-order chi connectivity index (χ1) is 12.1. The van der Waals surface area contributed by atoms with Gasteiger partial charge in [-0.1, -0.05) is 36.4 Å². The van der Waals surface area contributed by atoms with Crippen LogP contribution >= 0.6 is 0 Å². The Morgan fingerprint density at radius 1 is 1.24 bits per heavy atom. The molecule has 1 fully saturated rings. The summed E-state index contributed by atoms with van der Waals surface area (Å²) < 4.78 is 6.02. The number of carbonyl (C=O) groups excluding carboxylic acids is 1. The van der Waals surface area contributed by atoms with Gasteiger partial charge in [-0.2, -0.15) is 0 Å². The van der Waals surface area contributed by atoms with Crippen molar-refractivity contribution in [2.24, 2.45) is 0 Å². The molecule has 1 aliphatic heterocycles. The molecule has 1 saturated heterocycles. The van der Waals surface area contributed by atoms with E-state index in [1.165, 1.54) is 0 Å². The molecule has 1 aromatic heterocycles. The van der Waals surface area contributed by atoms with E-state index in [1.54, 1.807) is 18.2 Å². The lowest BCUT2D eigenvalue weighted by Crippen LogP contribution is -2.51. The number of nitrogens with zero attached hydrogens (tertiary/aromatic N) is 3. The fraction of sp³-hybridized carbons (Fsp3) is 0.368. The summed E-state index contributed by atoms with van der Waals surface area (Å²) in [6.07, 6.45) is -0.101. The normalized spacial score (nSPS) is 20.7. The molecule has 1 amide bonds. The number of rotatable bonds is 4. The lowest BCUT2D eigenvalue weighted by atomic mass is 9.97. The van der Waals surface area contributed by atoms with Crippen LogP contribution in [0.2, 0.25) is 0 Å². The van der Waals surface area contributed by atoms with Crippen LogP contribution in [0, 0.1) is 0 Å². The van der Waals surface area contributed by atoms with Crippen molar-refractivity contribution in [3.05, 3.63) is 59.8 Å². The first-order valence-electron chi connectivity index (χ1n) is 8.41. The van der Waals surface area contributed by atoms with E-state index in [-0.39, 0.29) is 18.1 Å². The highest BCUT2D eigenvalue weighted by Crippen LogP contribution is 2.31. The number of aromatic nitrogens is 1. The van der Waals surface area contributed by atoms with Crippen LogP contribution in [-0.4, -0.2) is 60.6 Å². The number of hydrogen-bond acceptors (Lipinski definition) is 5. The smallest absolute Gasteiger partial charge is 0.273 e. The summed E-state index contributed by atoms with van der Waals surface area (Å²) in [5.74, 6) is 0.230. The van der Waals surface area contributed by atoms with Gasteiger partial charge in [-0.25, -0.2) is 4.98 Å². The van der Waals surface area contributed by atoms with E-state index in [0.29, 0.717) is 24.7 Å². The van der Waals surface area contributed by atoms with E-state index in [0.717, 1.165) is 12.1 Å². The summed E-state index contributed by atoms with van der Waals surface area (Å²) in [5, 5.41) is 0.